The molecule has 0 saturated heterocycles. The molecule has 0 saturated carbocycles. The van der Waals surface area contributed by atoms with Gasteiger partial charge in [-0.2, -0.15) is 0 Å². The van der Waals surface area contributed by atoms with Crippen molar-refractivity contribution in [3.05, 3.63) is 87.9 Å². The van der Waals surface area contributed by atoms with Gasteiger partial charge in [-0.1, -0.05) is 36.4 Å². The predicted molar refractivity (Wildman–Crippen MR) is 94.3 cm³/mol. The molecule has 26 heavy (non-hydrogen) atoms. The second-order valence-corrected chi connectivity index (χ2v) is 6.59. The summed E-state index contributed by atoms with van der Waals surface area (Å²) in [5.74, 6) is -4.81. The zero-order valence-corrected chi connectivity index (χ0v) is 14.4. The van der Waals surface area contributed by atoms with E-state index in [0.29, 0.717) is 0 Å². The number of benzene rings is 2. The molecule has 0 bridgehead atoms. The third kappa shape index (κ3) is 4.12. The van der Waals surface area contributed by atoms with Crippen LogP contribution in [0.5, 0.6) is 0 Å². The van der Waals surface area contributed by atoms with Crippen LogP contribution in [0, 0.1) is 17.5 Å². The van der Waals surface area contributed by atoms with E-state index >= 15 is 0 Å². The Hall–Kier alpha value is -2.64. The molecule has 0 spiro atoms. The Labute approximate surface area is 152 Å². The Morgan fingerprint density at radius 2 is 1.77 bits per heavy atom. The molecule has 3 rings (SSSR count). The summed E-state index contributed by atoms with van der Waals surface area (Å²) in [6.07, 6.45) is 0. The Balaban J connectivity index is 1.70. The van der Waals surface area contributed by atoms with Crippen LogP contribution in [-0.2, 0) is 4.79 Å². The highest BCUT2D eigenvalue weighted by Gasteiger charge is 2.21. The van der Waals surface area contributed by atoms with Crippen LogP contribution in [0.3, 0.4) is 0 Å². The minimum absolute atomic E-state index is 0.00407. The molecule has 7 heteroatoms. The lowest BCUT2D eigenvalue weighted by atomic mass is 10.1. The van der Waals surface area contributed by atoms with Crippen molar-refractivity contribution < 1.29 is 23.3 Å². The zero-order chi connectivity index (χ0) is 18.5. The lowest BCUT2D eigenvalue weighted by molar-refractivity contribution is -0.675. The summed E-state index contributed by atoms with van der Waals surface area (Å²) in [5.41, 5.74) is 0.649. The largest absolute Gasteiger partial charge is 0.328 e. The van der Waals surface area contributed by atoms with E-state index in [0.717, 1.165) is 22.6 Å². The fourth-order valence-electron chi connectivity index (χ4n) is 2.59. The van der Waals surface area contributed by atoms with Crippen LogP contribution in [0.2, 0.25) is 0 Å². The highest BCUT2D eigenvalue weighted by atomic mass is 32.1. The Morgan fingerprint density at radius 3 is 2.46 bits per heavy atom. The van der Waals surface area contributed by atoms with E-state index in [4.69, 9.17) is 0 Å². The summed E-state index contributed by atoms with van der Waals surface area (Å²) in [5, 5.41) is 6.05. The molecular weight excluding hydrogens is 361 g/mol. The van der Waals surface area contributed by atoms with Crippen LogP contribution in [0.4, 0.5) is 18.9 Å². The van der Waals surface area contributed by atoms with Gasteiger partial charge in [-0.3, -0.25) is 4.79 Å². The molecule has 3 nitrogen and oxygen atoms in total. The first kappa shape index (κ1) is 18.2. The minimum Gasteiger partial charge on any atom is -0.328 e. The number of hydrogen-bond acceptors (Lipinski definition) is 2. The lowest BCUT2D eigenvalue weighted by Crippen LogP contribution is -2.87. The molecule has 134 valence electrons. The smallest absolute Gasteiger partial charge is 0.279 e. The maximum absolute atomic E-state index is 13.7. The number of hydrogen-bond donors (Lipinski definition) is 2. The summed E-state index contributed by atoms with van der Waals surface area (Å²) >= 11 is 1.57. The molecule has 0 fully saturated rings. The number of anilines is 1. The molecule has 0 aliphatic carbocycles. The van der Waals surface area contributed by atoms with Crippen molar-refractivity contribution in [2.24, 2.45) is 0 Å². The van der Waals surface area contributed by atoms with Crippen molar-refractivity contribution in [3.63, 3.8) is 0 Å². The van der Waals surface area contributed by atoms with Gasteiger partial charge in [-0.25, -0.2) is 13.2 Å². The van der Waals surface area contributed by atoms with Crippen molar-refractivity contribution in [1.29, 1.82) is 0 Å². The van der Waals surface area contributed by atoms with Crippen LogP contribution in [0.15, 0.2) is 60.0 Å². The molecule has 1 aromatic heterocycles. The van der Waals surface area contributed by atoms with Crippen molar-refractivity contribution in [2.45, 2.75) is 6.04 Å². The predicted octanol–water partition coefficient (Wildman–Crippen LogP) is 3.46. The number of nitrogens with one attached hydrogen (secondary N) is 1. The number of amides is 1. The number of halogens is 3. The topological polar surface area (TPSA) is 45.7 Å². The van der Waals surface area contributed by atoms with Crippen LogP contribution in [-0.4, -0.2) is 12.5 Å². The highest BCUT2D eigenvalue weighted by Crippen LogP contribution is 2.22. The number of carbonyl (C=O) groups is 1. The molecule has 0 aliphatic heterocycles. The SMILES string of the molecule is O=C(C[NH2+][C@@H](c1ccccc1)c1cccs1)Nc1ccc(F)c(F)c1F. The van der Waals surface area contributed by atoms with Gasteiger partial charge in [0.2, 0.25) is 0 Å². The van der Waals surface area contributed by atoms with Gasteiger partial charge in [-0.05, 0) is 23.6 Å². The molecule has 0 radical (unpaired) electrons. The number of rotatable bonds is 6. The minimum atomic E-state index is -1.60. The maximum atomic E-state index is 13.7. The number of thiophene rings is 1. The van der Waals surface area contributed by atoms with Crippen LogP contribution >= 0.6 is 11.3 Å². The summed E-state index contributed by atoms with van der Waals surface area (Å²) in [7, 11) is 0. The van der Waals surface area contributed by atoms with Crippen LogP contribution < -0.4 is 10.6 Å². The van der Waals surface area contributed by atoms with Crippen molar-refractivity contribution in [3.8, 4) is 0 Å². The number of nitrogens with two attached hydrogens (primary N) is 1. The third-order valence-corrected chi connectivity index (χ3v) is 4.81. The molecule has 3 aromatic rings. The van der Waals surface area contributed by atoms with E-state index in [1.165, 1.54) is 0 Å². The van der Waals surface area contributed by atoms with Crippen molar-refractivity contribution >= 4 is 22.9 Å². The molecule has 1 heterocycles. The molecule has 3 N–H and O–H groups in total. The fraction of sp³-hybridized carbons (Fsp3) is 0.105. The molecule has 0 unspecified atom stereocenters. The zero-order valence-electron chi connectivity index (χ0n) is 13.6. The lowest BCUT2D eigenvalue weighted by Gasteiger charge is -2.15. The van der Waals surface area contributed by atoms with Gasteiger partial charge in [0.05, 0.1) is 10.6 Å². The quantitative estimate of drug-likeness (QED) is 0.635. The van der Waals surface area contributed by atoms with Gasteiger partial charge in [-0.15, -0.1) is 11.3 Å². The Morgan fingerprint density at radius 1 is 1.00 bits per heavy atom. The molecule has 0 aliphatic rings. The van der Waals surface area contributed by atoms with E-state index in [1.54, 1.807) is 11.3 Å². The number of quaternary nitrogens is 1. The van der Waals surface area contributed by atoms with Crippen molar-refractivity contribution in [1.82, 2.24) is 0 Å². The number of carbonyl (C=O) groups excluding carboxylic acids is 1. The third-order valence-electron chi connectivity index (χ3n) is 3.86. The molecule has 2 aromatic carbocycles. The highest BCUT2D eigenvalue weighted by molar-refractivity contribution is 7.10. The Bertz CT molecular complexity index is 885. The second-order valence-electron chi connectivity index (χ2n) is 5.61. The first-order valence-corrected chi connectivity index (χ1v) is 8.79. The van der Waals surface area contributed by atoms with E-state index in [2.05, 4.69) is 5.32 Å². The average Bonchev–Trinajstić information content (AvgIpc) is 3.18. The molecule has 1 amide bonds. The molecule has 1 atom stereocenters. The Kier molecular flexibility index (Phi) is 5.70. The first-order valence-electron chi connectivity index (χ1n) is 7.91. The van der Waals surface area contributed by atoms with E-state index < -0.39 is 23.4 Å². The summed E-state index contributed by atoms with van der Waals surface area (Å²) in [6, 6.07) is 15.3. The van der Waals surface area contributed by atoms with Gasteiger partial charge in [0.25, 0.3) is 5.91 Å². The van der Waals surface area contributed by atoms with E-state index in [-0.39, 0.29) is 18.3 Å². The standard InChI is InChI=1S/C19H15F3N2OS/c20-13-8-9-14(18(22)17(13)21)24-16(25)11-23-19(15-7-4-10-26-15)12-5-2-1-3-6-12/h1-10,19,23H,11H2,(H,24,25)/p+1/t19-/m0/s1. The van der Waals surface area contributed by atoms with Crippen LogP contribution in [0.25, 0.3) is 0 Å². The first-order chi connectivity index (χ1) is 12.6. The summed E-state index contributed by atoms with van der Waals surface area (Å²) in [6.45, 7) is -0.00407. The van der Waals surface area contributed by atoms with Gasteiger partial charge in [0.15, 0.2) is 24.0 Å². The maximum Gasteiger partial charge on any atom is 0.279 e. The second kappa shape index (κ2) is 8.16. The van der Waals surface area contributed by atoms with Gasteiger partial charge >= 0.3 is 0 Å². The average molecular weight is 377 g/mol. The van der Waals surface area contributed by atoms with Gasteiger partial charge in [0.1, 0.15) is 6.04 Å². The van der Waals surface area contributed by atoms with Gasteiger partial charge in [0, 0.05) is 5.56 Å². The van der Waals surface area contributed by atoms with E-state index in [9.17, 15) is 18.0 Å². The molecular formula is C19H16F3N2OS+. The van der Waals surface area contributed by atoms with Crippen molar-refractivity contribution in [2.75, 3.05) is 11.9 Å². The monoisotopic (exact) mass is 377 g/mol. The van der Waals surface area contributed by atoms with Crippen LogP contribution in [0.1, 0.15) is 16.5 Å². The summed E-state index contributed by atoms with van der Waals surface area (Å²) < 4.78 is 39.9. The normalized spacial score (nSPS) is 12.0. The fourth-order valence-corrected chi connectivity index (χ4v) is 3.44. The van der Waals surface area contributed by atoms with E-state index in [1.807, 2.05) is 53.2 Å². The summed E-state index contributed by atoms with van der Waals surface area (Å²) in [4.78, 5) is 13.2. The van der Waals surface area contributed by atoms with Gasteiger partial charge < -0.3 is 10.6 Å².